The van der Waals surface area contributed by atoms with E-state index >= 15 is 0 Å². The molecule has 1 aromatic rings. The van der Waals surface area contributed by atoms with E-state index in [2.05, 4.69) is 6.92 Å². The summed E-state index contributed by atoms with van der Waals surface area (Å²) in [5, 5.41) is 0. The van der Waals surface area contributed by atoms with Crippen LogP contribution in [0.5, 0.6) is 0 Å². The Morgan fingerprint density at radius 3 is 2.36 bits per heavy atom. The number of benzene rings is 1. The molecular formula is C12H15NO. The third kappa shape index (κ3) is 2.73. The van der Waals surface area contributed by atoms with Crippen LogP contribution in [0, 0.1) is 0 Å². The van der Waals surface area contributed by atoms with E-state index in [1.54, 1.807) is 6.92 Å². The Kier molecular flexibility index (Phi) is 3.46. The van der Waals surface area contributed by atoms with E-state index in [4.69, 9.17) is 5.73 Å². The highest BCUT2D eigenvalue weighted by Crippen LogP contribution is 2.06. The van der Waals surface area contributed by atoms with Crippen molar-refractivity contribution < 1.29 is 4.79 Å². The van der Waals surface area contributed by atoms with Crippen LogP contribution in [0.4, 0.5) is 0 Å². The van der Waals surface area contributed by atoms with Crippen molar-refractivity contribution in [3.63, 3.8) is 0 Å². The summed E-state index contributed by atoms with van der Waals surface area (Å²) in [6.07, 6.45) is 2.43. The fourth-order valence-corrected chi connectivity index (χ4v) is 1.19. The number of carbonyl (C=O) groups is 1. The molecule has 74 valence electrons. The van der Waals surface area contributed by atoms with E-state index < -0.39 is 0 Å². The van der Waals surface area contributed by atoms with E-state index in [9.17, 15) is 4.79 Å². The molecule has 0 bridgehead atoms. The van der Waals surface area contributed by atoms with Crippen molar-refractivity contribution in [1.29, 1.82) is 0 Å². The Balaban J connectivity index is 2.87. The molecule has 1 aromatic carbocycles. The molecule has 0 saturated carbocycles. The Hall–Kier alpha value is -1.57. The molecule has 0 saturated heterocycles. The SMILES string of the molecule is CCc1ccc(C(=O)C=C(C)N)cc1. The lowest BCUT2D eigenvalue weighted by Crippen LogP contribution is -2.00. The molecule has 0 atom stereocenters. The van der Waals surface area contributed by atoms with Gasteiger partial charge in [0.25, 0.3) is 0 Å². The normalized spacial score (nSPS) is 11.4. The summed E-state index contributed by atoms with van der Waals surface area (Å²) in [6, 6.07) is 7.60. The second-order valence-electron chi connectivity index (χ2n) is 3.30. The minimum absolute atomic E-state index is 0.0346. The van der Waals surface area contributed by atoms with Crippen LogP contribution >= 0.6 is 0 Å². The number of hydrogen-bond donors (Lipinski definition) is 1. The fraction of sp³-hybridized carbons (Fsp3) is 0.250. The molecule has 2 heteroatoms. The summed E-state index contributed by atoms with van der Waals surface area (Å²) in [4.78, 5) is 11.5. The van der Waals surface area contributed by atoms with Crippen LogP contribution < -0.4 is 5.73 Å². The second-order valence-corrected chi connectivity index (χ2v) is 3.30. The number of carbonyl (C=O) groups excluding carboxylic acids is 1. The average Bonchev–Trinajstić information content (AvgIpc) is 2.17. The molecule has 2 nitrogen and oxygen atoms in total. The van der Waals surface area contributed by atoms with E-state index in [0.717, 1.165) is 6.42 Å². The van der Waals surface area contributed by atoms with Gasteiger partial charge < -0.3 is 5.73 Å². The highest BCUT2D eigenvalue weighted by Gasteiger charge is 2.01. The Morgan fingerprint density at radius 1 is 1.36 bits per heavy atom. The van der Waals surface area contributed by atoms with Crippen LogP contribution in [-0.4, -0.2) is 5.78 Å². The molecule has 1 rings (SSSR count). The first-order valence-electron chi connectivity index (χ1n) is 4.70. The number of nitrogens with two attached hydrogens (primary N) is 1. The van der Waals surface area contributed by atoms with Gasteiger partial charge in [0.15, 0.2) is 5.78 Å². The molecule has 0 aliphatic heterocycles. The van der Waals surface area contributed by atoms with Gasteiger partial charge in [-0.3, -0.25) is 4.79 Å². The minimum Gasteiger partial charge on any atom is -0.402 e. The predicted octanol–water partition coefficient (Wildman–Crippen LogP) is 2.29. The summed E-state index contributed by atoms with van der Waals surface area (Å²) in [5.41, 5.74) is 7.88. The Labute approximate surface area is 84.4 Å². The molecule has 2 N–H and O–H groups in total. The summed E-state index contributed by atoms with van der Waals surface area (Å²) in [7, 11) is 0. The van der Waals surface area contributed by atoms with Crippen LogP contribution in [0.2, 0.25) is 0 Å². The maximum Gasteiger partial charge on any atom is 0.187 e. The molecule has 0 heterocycles. The predicted molar refractivity (Wildman–Crippen MR) is 58.1 cm³/mol. The van der Waals surface area contributed by atoms with Crippen molar-refractivity contribution in [3.8, 4) is 0 Å². The smallest absolute Gasteiger partial charge is 0.187 e. The van der Waals surface area contributed by atoms with Gasteiger partial charge in [0.2, 0.25) is 0 Å². The van der Waals surface area contributed by atoms with Gasteiger partial charge in [-0.25, -0.2) is 0 Å². The van der Waals surface area contributed by atoms with Gasteiger partial charge in [-0.15, -0.1) is 0 Å². The molecule has 0 amide bonds. The van der Waals surface area contributed by atoms with Gasteiger partial charge in [-0.1, -0.05) is 31.2 Å². The topological polar surface area (TPSA) is 43.1 Å². The molecule has 0 radical (unpaired) electrons. The standard InChI is InChI=1S/C12H15NO/c1-3-10-4-6-11(7-5-10)12(14)8-9(2)13/h4-8H,3,13H2,1-2H3. The molecule has 0 spiro atoms. The highest BCUT2D eigenvalue weighted by molar-refractivity contribution is 6.04. The largest absolute Gasteiger partial charge is 0.402 e. The maximum absolute atomic E-state index is 11.5. The number of allylic oxidation sites excluding steroid dienone is 2. The molecule has 0 unspecified atom stereocenters. The minimum atomic E-state index is -0.0346. The van der Waals surface area contributed by atoms with Crippen LogP contribution in [0.15, 0.2) is 36.0 Å². The van der Waals surface area contributed by atoms with E-state index in [1.807, 2.05) is 24.3 Å². The number of aryl methyl sites for hydroxylation is 1. The third-order valence-corrected chi connectivity index (χ3v) is 2.01. The molecular weight excluding hydrogens is 174 g/mol. The van der Waals surface area contributed by atoms with Gasteiger partial charge in [-0.05, 0) is 18.9 Å². The van der Waals surface area contributed by atoms with Crippen molar-refractivity contribution in [2.75, 3.05) is 0 Å². The fourth-order valence-electron chi connectivity index (χ4n) is 1.19. The van der Waals surface area contributed by atoms with Crippen molar-refractivity contribution in [2.24, 2.45) is 5.73 Å². The first-order valence-corrected chi connectivity index (χ1v) is 4.70. The maximum atomic E-state index is 11.5. The quantitative estimate of drug-likeness (QED) is 0.585. The zero-order chi connectivity index (χ0) is 10.6. The monoisotopic (exact) mass is 189 g/mol. The average molecular weight is 189 g/mol. The first kappa shape index (κ1) is 10.5. The van der Waals surface area contributed by atoms with Crippen LogP contribution in [0.1, 0.15) is 29.8 Å². The Morgan fingerprint density at radius 2 is 1.93 bits per heavy atom. The lowest BCUT2D eigenvalue weighted by molar-refractivity contribution is 0.104. The van der Waals surface area contributed by atoms with Crippen molar-refractivity contribution >= 4 is 5.78 Å². The number of hydrogen-bond acceptors (Lipinski definition) is 2. The van der Waals surface area contributed by atoms with E-state index in [1.165, 1.54) is 11.6 Å². The van der Waals surface area contributed by atoms with Crippen LogP contribution in [0.3, 0.4) is 0 Å². The zero-order valence-electron chi connectivity index (χ0n) is 8.58. The van der Waals surface area contributed by atoms with Gasteiger partial charge in [0, 0.05) is 17.3 Å². The Bertz CT molecular complexity index is 345. The van der Waals surface area contributed by atoms with E-state index in [-0.39, 0.29) is 5.78 Å². The van der Waals surface area contributed by atoms with E-state index in [0.29, 0.717) is 11.3 Å². The lowest BCUT2D eigenvalue weighted by atomic mass is 10.1. The van der Waals surface area contributed by atoms with Crippen molar-refractivity contribution in [1.82, 2.24) is 0 Å². The van der Waals surface area contributed by atoms with Crippen LogP contribution in [0.25, 0.3) is 0 Å². The van der Waals surface area contributed by atoms with Gasteiger partial charge in [0.05, 0.1) is 0 Å². The summed E-state index contributed by atoms with van der Waals surface area (Å²) in [5.74, 6) is -0.0346. The zero-order valence-corrected chi connectivity index (χ0v) is 8.58. The summed E-state index contributed by atoms with van der Waals surface area (Å²) >= 11 is 0. The summed E-state index contributed by atoms with van der Waals surface area (Å²) in [6.45, 7) is 3.79. The lowest BCUT2D eigenvalue weighted by Gasteiger charge is -1.99. The first-order chi connectivity index (χ1) is 6.63. The molecule has 14 heavy (non-hydrogen) atoms. The van der Waals surface area contributed by atoms with Crippen LogP contribution in [-0.2, 0) is 6.42 Å². The molecule has 0 aliphatic carbocycles. The van der Waals surface area contributed by atoms with Crippen molar-refractivity contribution in [2.45, 2.75) is 20.3 Å². The number of ketones is 1. The van der Waals surface area contributed by atoms with Gasteiger partial charge in [0.1, 0.15) is 0 Å². The van der Waals surface area contributed by atoms with Crippen molar-refractivity contribution in [3.05, 3.63) is 47.2 Å². The summed E-state index contributed by atoms with van der Waals surface area (Å²) < 4.78 is 0. The second kappa shape index (κ2) is 4.61. The number of rotatable bonds is 3. The third-order valence-electron chi connectivity index (χ3n) is 2.01. The van der Waals surface area contributed by atoms with Gasteiger partial charge in [-0.2, -0.15) is 0 Å². The highest BCUT2D eigenvalue weighted by atomic mass is 16.1. The molecule has 0 fully saturated rings. The molecule has 0 aliphatic rings. The molecule has 0 aromatic heterocycles. The van der Waals surface area contributed by atoms with Gasteiger partial charge >= 0.3 is 0 Å².